The van der Waals surface area contributed by atoms with Gasteiger partial charge in [-0.1, -0.05) is 11.6 Å². The highest BCUT2D eigenvalue weighted by atomic mass is 35.5. The Morgan fingerprint density at radius 1 is 1.24 bits per heavy atom. The average Bonchev–Trinajstić information content (AvgIpc) is 2.61. The van der Waals surface area contributed by atoms with Crippen molar-refractivity contribution in [1.82, 2.24) is 15.1 Å². The molecule has 0 aliphatic carbocycles. The van der Waals surface area contributed by atoms with E-state index in [9.17, 15) is 9.59 Å². The molecule has 1 aromatic carbocycles. The van der Waals surface area contributed by atoms with Crippen LogP contribution in [-0.2, 0) is 14.3 Å². The van der Waals surface area contributed by atoms with E-state index in [1.807, 2.05) is 0 Å². The van der Waals surface area contributed by atoms with Gasteiger partial charge in [0.05, 0.1) is 32.8 Å². The first-order valence-electron chi connectivity index (χ1n) is 8.24. The Hall–Kier alpha value is -1.83. The third kappa shape index (κ3) is 7.29. The molecule has 0 aromatic heterocycles. The molecule has 8 heteroatoms. The van der Waals surface area contributed by atoms with E-state index in [1.165, 1.54) is 0 Å². The van der Waals surface area contributed by atoms with Crippen LogP contribution in [-0.4, -0.2) is 81.2 Å². The maximum Gasteiger partial charge on any atom is 0.236 e. The Kier molecular flexibility index (Phi) is 7.97. The van der Waals surface area contributed by atoms with Gasteiger partial charge in [0.2, 0.25) is 11.8 Å². The van der Waals surface area contributed by atoms with Gasteiger partial charge in [0.25, 0.3) is 0 Å². The summed E-state index contributed by atoms with van der Waals surface area (Å²) >= 11 is 5.80. The van der Waals surface area contributed by atoms with E-state index in [2.05, 4.69) is 5.32 Å². The van der Waals surface area contributed by atoms with Crippen LogP contribution in [0.15, 0.2) is 24.3 Å². The van der Waals surface area contributed by atoms with Crippen molar-refractivity contribution in [3.05, 3.63) is 29.3 Å². The quantitative estimate of drug-likeness (QED) is 0.680. The van der Waals surface area contributed by atoms with Crippen LogP contribution in [0.1, 0.15) is 0 Å². The highest BCUT2D eigenvalue weighted by Crippen LogP contribution is 2.15. The number of nitrogens with zero attached hydrogens (tertiary/aromatic N) is 2. The van der Waals surface area contributed by atoms with Crippen molar-refractivity contribution in [1.29, 1.82) is 0 Å². The van der Waals surface area contributed by atoms with Crippen molar-refractivity contribution in [3.8, 4) is 5.75 Å². The van der Waals surface area contributed by atoms with Crippen LogP contribution in [0, 0.1) is 0 Å². The Morgan fingerprint density at radius 2 is 1.92 bits per heavy atom. The summed E-state index contributed by atoms with van der Waals surface area (Å²) in [5, 5.41) is 3.42. The predicted octanol–water partition coefficient (Wildman–Crippen LogP) is 0.626. The molecule has 0 spiro atoms. The van der Waals surface area contributed by atoms with Crippen molar-refractivity contribution in [2.75, 3.05) is 59.6 Å². The van der Waals surface area contributed by atoms with Gasteiger partial charge in [-0.25, -0.2) is 0 Å². The average molecular weight is 370 g/mol. The number of ether oxygens (including phenoxy) is 2. The van der Waals surface area contributed by atoms with Crippen LogP contribution in [0.3, 0.4) is 0 Å². The molecule has 0 atom stereocenters. The fourth-order valence-electron chi connectivity index (χ4n) is 2.39. The minimum atomic E-state index is -0.142. The number of likely N-dealkylation sites (N-methyl/N-ethyl adjacent to an activating group) is 1. The molecule has 138 valence electrons. The van der Waals surface area contributed by atoms with E-state index >= 15 is 0 Å². The molecule has 2 rings (SSSR count). The molecule has 1 N–H and O–H groups in total. The van der Waals surface area contributed by atoms with Crippen LogP contribution >= 0.6 is 11.6 Å². The molecule has 1 aliphatic heterocycles. The zero-order chi connectivity index (χ0) is 18.1. The molecule has 0 saturated carbocycles. The lowest BCUT2D eigenvalue weighted by Crippen LogP contribution is -2.46. The summed E-state index contributed by atoms with van der Waals surface area (Å²) in [5.41, 5.74) is 0. The van der Waals surface area contributed by atoms with E-state index in [-0.39, 0.29) is 24.9 Å². The second-order valence-electron chi connectivity index (χ2n) is 5.82. The molecule has 0 unspecified atom stereocenters. The lowest BCUT2D eigenvalue weighted by Gasteiger charge is -2.28. The SMILES string of the molecule is CN(CC(=O)NCCOc1ccc(Cl)cc1)CC(=O)N1CCOCC1. The summed E-state index contributed by atoms with van der Waals surface area (Å²) in [6, 6.07) is 7.04. The maximum atomic E-state index is 12.1. The number of nitrogens with one attached hydrogen (secondary N) is 1. The van der Waals surface area contributed by atoms with E-state index in [0.717, 1.165) is 0 Å². The molecular weight excluding hydrogens is 346 g/mol. The fraction of sp³-hybridized carbons (Fsp3) is 0.529. The second kappa shape index (κ2) is 10.2. The summed E-state index contributed by atoms with van der Waals surface area (Å²) in [6.07, 6.45) is 0. The predicted molar refractivity (Wildman–Crippen MR) is 94.9 cm³/mol. The maximum absolute atomic E-state index is 12.1. The van der Waals surface area contributed by atoms with Gasteiger partial charge in [-0.05, 0) is 31.3 Å². The first-order valence-corrected chi connectivity index (χ1v) is 8.61. The lowest BCUT2D eigenvalue weighted by molar-refractivity contribution is -0.136. The van der Waals surface area contributed by atoms with Gasteiger partial charge in [0, 0.05) is 18.1 Å². The minimum absolute atomic E-state index is 0.0182. The third-order valence-electron chi connectivity index (χ3n) is 3.69. The number of carbonyl (C=O) groups excluding carboxylic acids is 2. The fourth-order valence-corrected chi connectivity index (χ4v) is 2.52. The Labute approximate surface area is 152 Å². The number of hydrogen-bond acceptors (Lipinski definition) is 5. The van der Waals surface area contributed by atoms with Gasteiger partial charge in [0.1, 0.15) is 12.4 Å². The number of rotatable bonds is 8. The van der Waals surface area contributed by atoms with Crippen LogP contribution in [0.4, 0.5) is 0 Å². The van der Waals surface area contributed by atoms with Crippen LogP contribution in [0.2, 0.25) is 5.02 Å². The van der Waals surface area contributed by atoms with Gasteiger partial charge in [-0.2, -0.15) is 0 Å². The van der Waals surface area contributed by atoms with E-state index in [1.54, 1.807) is 41.1 Å². The Morgan fingerprint density at radius 3 is 2.60 bits per heavy atom. The molecule has 1 saturated heterocycles. The summed E-state index contributed by atoms with van der Waals surface area (Å²) in [7, 11) is 1.75. The standard InChI is InChI=1S/C17H24ClN3O4/c1-20(13-17(23)21-7-10-24-11-8-21)12-16(22)19-6-9-25-15-4-2-14(18)3-5-15/h2-5H,6-13H2,1H3,(H,19,22). The Bertz CT molecular complexity index is 562. The van der Waals surface area contributed by atoms with Crippen molar-refractivity contribution >= 4 is 23.4 Å². The van der Waals surface area contributed by atoms with Gasteiger partial charge in [-0.3, -0.25) is 14.5 Å². The van der Waals surface area contributed by atoms with Crippen LogP contribution in [0.25, 0.3) is 0 Å². The molecule has 7 nitrogen and oxygen atoms in total. The summed E-state index contributed by atoms with van der Waals surface area (Å²) < 4.78 is 10.7. The smallest absolute Gasteiger partial charge is 0.236 e. The first-order chi connectivity index (χ1) is 12.0. The van der Waals surface area contributed by atoms with Gasteiger partial charge in [-0.15, -0.1) is 0 Å². The van der Waals surface area contributed by atoms with Crippen LogP contribution in [0.5, 0.6) is 5.75 Å². The normalized spacial score (nSPS) is 14.4. The lowest BCUT2D eigenvalue weighted by atomic mass is 10.3. The number of amides is 2. The van der Waals surface area contributed by atoms with Crippen molar-refractivity contribution < 1.29 is 19.1 Å². The molecule has 0 bridgehead atoms. The Balaban J connectivity index is 1.59. The van der Waals surface area contributed by atoms with E-state index in [0.29, 0.717) is 50.2 Å². The highest BCUT2D eigenvalue weighted by molar-refractivity contribution is 6.30. The number of hydrogen-bond donors (Lipinski definition) is 1. The molecule has 1 fully saturated rings. The van der Waals surface area contributed by atoms with Gasteiger partial charge >= 0.3 is 0 Å². The minimum Gasteiger partial charge on any atom is -0.492 e. The number of benzene rings is 1. The first kappa shape index (κ1) is 19.5. The molecule has 25 heavy (non-hydrogen) atoms. The molecule has 1 aliphatic rings. The number of carbonyl (C=O) groups is 2. The summed E-state index contributed by atoms with van der Waals surface area (Å²) in [6.45, 7) is 3.51. The molecule has 2 amide bonds. The monoisotopic (exact) mass is 369 g/mol. The highest BCUT2D eigenvalue weighted by Gasteiger charge is 2.18. The van der Waals surface area contributed by atoms with Gasteiger partial charge < -0.3 is 19.7 Å². The van der Waals surface area contributed by atoms with Crippen LogP contribution < -0.4 is 10.1 Å². The van der Waals surface area contributed by atoms with E-state index in [4.69, 9.17) is 21.1 Å². The largest absolute Gasteiger partial charge is 0.492 e. The number of morpholine rings is 1. The topological polar surface area (TPSA) is 71.1 Å². The molecular formula is C17H24ClN3O4. The van der Waals surface area contributed by atoms with Crippen molar-refractivity contribution in [3.63, 3.8) is 0 Å². The summed E-state index contributed by atoms with van der Waals surface area (Å²) in [5.74, 6) is 0.577. The zero-order valence-corrected chi connectivity index (χ0v) is 15.1. The third-order valence-corrected chi connectivity index (χ3v) is 3.94. The molecule has 1 heterocycles. The summed E-state index contributed by atoms with van der Waals surface area (Å²) in [4.78, 5) is 27.5. The van der Waals surface area contributed by atoms with Gasteiger partial charge in [0.15, 0.2) is 0 Å². The second-order valence-corrected chi connectivity index (χ2v) is 6.25. The van der Waals surface area contributed by atoms with E-state index < -0.39 is 0 Å². The molecule has 1 aromatic rings. The zero-order valence-electron chi connectivity index (χ0n) is 14.4. The number of halogens is 1. The molecule has 0 radical (unpaired) electrons. The van der Waals surface area contributed by atoms with Crippen molar-refractivity contribution in [2.45, 2.75) is 0 Å². The van der Waals surface area contributed by atoms with Crippen molar-refractivity contribution in [2.24, 2.45) is 0 Å².